The van der Waals surface area contributed by atoms with Crippen molar-refractivity contribution in [1.82, 2.24) is 10.3 Å². The molecule has 0 saturated carbocycles. The molecule has 2 fully saturated rings. The van der Waals surface area contributed by atoms with Gasteiger partial charge in [0.25, 0.3) is 0 Å². The summed E-state index contributed by atoms with van der Waals surface area (Å²) >= 11 is 1.78. The lowest BCUT2D eigenvalue weighted by molar-refractivity contribution is 0.0904. The fourth-order valence-electron chi connectivity index (χ4n) is 3.51. The van der Waals surface area contributed by atoms with Crippen molar-refractivity contribution in [2.75, 3.05) is 44.4 Å². The number of hydrogen-bond acceptors (Lipinski definition) is 6. The molecule has 2 aliphatic rings. The molecule has 2 saturated heterocycles. The summed E-state index contributed by atoms with van der Waals surface area (Å²) in [4.78, 5) is 8.18. The molecule has 0 spiro atoms. The molecule has 0 aliphatic carbocycles. The molecular formula is C19H25N3O2S. The van der Waals surface area contributed by atoms with E-state index in [4.69, 9.17) is 9.47 Å². The van der Waals surface area contributed by atoms with Gasteiger partial charge >= 0.3 is 0 Å². The molecule has 0 bridgehead atoms. The summed E-state index contributed by atoms with van der Waals surface area (Å²) in [6.07, 6.45) is 3.34. The highest BCUT2D eigenvalue weighted by molar-refractivity contribution is 7.15. The number of morpholine rings is 1. The molecule has 2 atom stereocenters. The predicted molar refractivity (Wildman–Crippen MR) is 100 cm³/mol. The highest BCUT2D eigenvalue weighted by Gasteiger charge is 2.29. The van der Waals surface area contributed by atoms with Crippen LogP contribution in [0.5, 0.6) is 0 Å². The zero-order valence-electron chi connectivity index (χ0n) is 14.4. The lowest BCUT2D eigenvalue weighted by Crippen LogP contribution is -2.36. The van der Waals surface area contributed by atoms with Crippen LogP contribution in [0.2, 0.25) is 0 Å². The fraction of sp³-hybridized carbons (Fsp3) is 0.526. The third kappa shape index (κ3) is 4.20. The zero-order chi connectivity index (χ0) is 16.9. The third-order valence-electron chi connectivity index (χ3n) is 4.87. The molecule has 0 radical (unpaired) electrons. The Balaban J connectivity index is 1.28. The molecule has 6 heteroatoms. The van der Waals surface area contributed by atoms with Crippen LogP contribution in [-0.4, -0.2) is 44.4 Å². The molecular weight excluding hydrogens is 334 g/mol. The molecule has 1 aromatic carbocycles. The minimum Gasteiger partial charge on any atom is -0.378 e. The number of thiazole rings is 1. The number of nitrogens with one attached hydrogen (secondary N) is 1. The van der Waals surface area contributed by atoms with Crippen LogP contribution in [0.3, 0.4) is 0 Å². The van der Waals surface area contributed by atoms with E-state index in [1.54, 1.807) is 11.3 Å². The van der Waals surface area contributed by atoms with Gasteiger partial charge < -0.3 is 19.7 Å². The normalized spacial score (nSPS) is 23.9. The van der Waals surface area contributed by atoms with Crippen LogP contribution in [0.15, 0.2) is 36.5 Å². The van der Waals surface area contributed by atoms with Crippen LogP contribution < -0.4 is 10.2 Å². The van der Waals surface area contributed by atoms with Crippen LogP contribution in [-0.2, 0) is 16.0 Å². The molecule has 134 valence electrons. The first-order valence-electron chi connectivity index (χ1n) is 9.05. The number of benzene rings is 1. The molecule has 0 amide bonds. The Morgan fingerprint density at radius 3 is 2.84 bits per heavy atom. The van der Waals surface area contributed by atoms with Crippen molar-refractivity contribution in [3.8, 4) is 0 Å². The van der Waals surface area contributed by atoms with E-state index in [0.717, 1.165) is 57.6 Å². The first-order valence-corrected chi connectivity index (χ1v) is 9.86. The van der Waals surface area contributed by atoms with Crippen LogP contribution in [0.4, 0.5) is 5.13 Å². The summed E-state index contributed by atoms with van der Waals surface area (Å²) in [5, 5.41) is 4.72. The van der Waals surface area contributed by atoms with E-state index in [-0.39, 0.29) is 6.10 Å². The van der Waals surface area contributed by atoms with Crippen molar-refractivity contribution < 1.29 is 9.47 Å². The average Bonchev–Trinajstić information content (AvgIpc) is 3.33. The minimum absolute atomic E-state index is 0.221. The van der Waals surface area contributed by atoms with Gasteiger partial charge in [-0.1, -0.05) is 30.3 Å². The van der Waals surface area contributed by atoms with Gasteiger partial charge in [-0.15, -0.1) is 11.3 Å². The number of ether oxygens (including phenoxy) is 2. The number of aromatic nitrogens is 1. The van der Waals surface area contributed by atoms with E-state index in [1.807, 2.05) is 6.20 Å². The Hall–Kier alpha value is -1.47. The van der Waals surface area contributed by atoms with Gasteiger partial charge in [0.15, 0.2) is 5.13 Å². The quantitative estimate of drug-likeness (QED) is 0.859. The van der Waals surface area contributed by atoms with Gasteiger partial charge in [0, 0.05) is 49.8 Å². The second-order valence-corrected chi connectivity index (χ2v) is 7.68. The molecule has 0 unspecified atom stereocenters. The van der Waals surface area contributed by atoms with E-state index in [9.17, 15) is 0 Å². The Morgan fingerprint density at radius 1 is 1.16 bits per heavy atom. The van der Waals surface area contributed by atoms with Gasteiger partial charge in [-0.3, -0.25) is 0 Å². The Kier molecular flexibility index (Phi) is 5.62. The van der Waals surface area contributed by atoms with Crippen molar-refractivity contribution in [1.29, 1.82) is 0 Å². The van der Waals surface area contributed by atoms with Gasteiger partial charge in [0.2, 0.25) is 0 Å². The zero-order valence-corrected chi connectivity index (χ0v) is 15.2. The van der Waals surface area contributed by atoms with Crippen molar-refractivity contribution in [2.45, 2.75) is 19.1 Å². The monoisotopic (exact) mass is 359 g/mol. The topological polar surface area (TPSA) is 46.6 Å². The van der Waals surface area contributed by atoms with Crippen molar-refractivity contribution in [3.05, 3.63) is 47.0 Å². The first kappa shape index (κ1) is 17.0. The van der Waals surface area contributed by atoms with Gasteiger partial charge in [-0.05, 0) is 12.0 Å². The van der Waals surface area contributed by atoms with E-state index < -0.39 is 0 Å². The maximum Gasteiger partial charge on any atom is 0.185 e. The third-order valence-corrected chi connectivity index (χ3v) is 5.93. The van der Waals surface area contributed by atoms with Crippen LogP contribution in [0, 0.1) is 5.92 Å². The van der Waals surface area contributed by atoms with Crippen LogP contribution in [0.1, 0.15) is 23.0 Å². The smallest absolute Gasteiger partial charge is 0.185 e. The lowest BCUT2D eigenvalue weighted by Gasteiger charge is -2.26. The molecule has 4 rings (SSSR count). The molecule has 3 heterocycles. The second kappa shape index (κ2) is 8.27. The average molecular weight is 359 g/mol. The fourth-order valence-corrected chi connectivity index (χ4v) is 4.45. The summed E-state index contributed by atoms with van der Waals surface area (Å²) in [5.74, 6) is 0.536. The Morgan fingerprint density at radius 2 is 2.00 bits per heavy atom. The van der Waals surface area contributed by atoms with E-state index in [2.05, 4.69) is 45.5 Å². The maximum atomic E-state index is 5.97. The molecule has 5 nitrogen and oxygen atoms in total. The van der Waals surface area contributed by atoms with E-state index in [0.29, 0.717) is 5.92 Å². The highest BCUT2D eigenvalue weighted by Crippen LogP contribution is 2.34. The summed E-state index contributed by atoms with van der Waals surface area (Å²) in [6.45, 7) is 6.19. The standard InChI is InChI=1S/C19H25N3O2S/c1-2-4-15(5-3-1)18-16(6-9-24-18)12-20-13-17-14-21-19(25-17)22-7-10-23-11-8-22/h1-5,14,16,18,20H,6-13H2/t16-,18-/m1/s1. The molecule has 1 aromatic heterocycles. The van der Waals surface area contributed by atoms with Crippen molar-refractivity contribution >= 4 is 16.5 Å². The number of rotatable bonds is 6. The second-order valence-electron chi connectivity index (χ2n) is 6.59. The van der Waals surface area contributed by atoms with Gasteiger partial charge in [-0.2, -0.15) is 0 Å². The van der Waals surface area contributed by atoms with Crippen LogP contribution >= 0.6 is 11.3 Å². The SMILES string of the molecule is c1ccc([C@H]2OCC[C@@H]2CNCc2cnc(N3CCOCC3)s2)cc1. The van der Waals surface area contributed by atoms with Crippen LogP contribution in [0.25, 0.3) is 0 Å². The number of nitrogens with zero attached hydrogens (tertiary/aromatic N) is 2. The van der Waals surface area contributed by atoms with E-state index in [1.165, 1.54) is 10.4 Å². The minimum atomic E-state index is 0.221. The first-order chi connectivity index (χ1) is 12.4. The lowest BCUT2D eigenvalue weighted by atomic mass is 9.95. The summed E-state index contributed by atoms with van der Waals surface area (Å²) in [6, 6.07) is 10.6. The Bertz CT molecular complexity index is 658. The van der Waals surface area contributed by atoms with Gasteiger partial charge in [0.1, 0.15) is 0 Å². The van der Waals surface area contributed by atoms with Gasteiger partial charge in [-0.25, -0.2) is 4.98 Å². The summed E-state index contributed by atoms with van der Waals surface area (Å²) in [5.41, 5.74) is 1.29. The predicted octanol–water partition coefficient (Wildman–Crippen LogP) is 2.85. The van der Waals surface area contributed by atoms with E-state index >= 15 is 0 Å². The van der Waals surface area contributed by atoms with Crippen molar-refractivity contribution in [2.24, 2.45) is 5.92 Å². The highest BCUT2D eigenvalue weighted by atomic mass is 32.1. The number of anilines is 1. The molecule has 2 aliphatic heterocycles. The summed E-state index contributed by atoms with van der Waals surface area (Å²) in [7, 11) is 0. The van der Waals surface area contributed by atoms with Gasteiger partial charge in [0.05, 0.1) is 19.3 Å². The maximum absolute atomic E-state index is 5.97. The van der Waals surface area contributed by atoms with Crippen molar-refractivity contribution in [3.63, 3.8) is 0 Å². The summed E-state index contributed by atoms with van der Waals surface area (Å²) < 4.78 is 11.4. The molecule has 25 heavy (non-hydrogen) atoms. The Labute approximate surface area is 153 Å². The largest absolute Gasteiger partial charge is 0.378 e. The molecule has 1 N–H and O–H groups in total. The number of hydrogen-bond donors (Lipinski definition) is 1. The molecule has 2 aromatic rings.